The lowest BCUT2D eigenvalue weighted by atomic mass is 9.87. The fourth-order valence-electron chi connectivity index (χ4n) is 4.84. The largest absolute Gasteiger partial charge is 0.337 e. The summed E-state index contributed by atoms with van der Waals surface area (Å²) in [5, 5.41) is 4.27. The minimum atomic E-state index is -0.0188. The molecule has 0 bridgehead atoms. The Morgan fingerprint density at radius 3 is 2.55 bits per heavy atom. The summed E-state index contributed by atoms with van der Waals surface area (Å²) in [5.41, 5.74) is 2.87. The van der Waals surface area contributed by atoms with Gasteiger partial charge in [-0.05, 0) is 38.2 Å². The Morgan fingerprint density at radius 2 is 1.90 bits per heavy atom. The molecule has 7 nitrogen and oxygen atoms in total. The molecule has 0 N–H and O–H groups in total. The summed E-state index contributed by atoms with van der Waals surface area (Å²) in [4.78, 5) is 31.8. The second-order valence-corrected chi connectivity index (χ2v) is 8.59. The van der Waals surface area contributed by atoms with Gasteiger partial charge in [0.15, 0.2) is 0 Å². The topological polar surface area (TPSA) is 61.7 Å². The Hall–Kier alpha value is -2.67. The number of hydrogen-bond acceptors (Lipinski definition) is 4. The van der Waals surface area contributed by atoms with E-state index in [0.717, 1.165) is 0 Å². The van der Waals surface area contributed by atoms with Gasteiger partial charge in [0, 0.05) is 44.7 Å². The van der Waals surface area contributed by atoms with Crippen LogP contribution in [0.5, 0.6) is 0 Å². The van der Waals surface area contributed by atoms with Crippen LogP contribution in [0.1, 0.15) is 27.7 Å². The van der Waals surface area contributed by atoms with Gasteiger partial charge in [-0.15, -0.1) is 0 Å². The number of aryl methyl sites for hydroxylation is 2. The highest BCUT2D eigenvalue weighted by atomic mass is 16.2. The molecule has 29 heavy (non-hydrogen) atoms. The van der Waals surface area contributed by atoms with Crippen molar-refractivity contribution in [3.8, 4) is 0 Å². The molecule has 2 aromatic rings. The van der Waals surface area contributed by atoms with Crippen LogP contribution < -0.4 is 0 Å². The van der Waals surface area contributed by atoms with Gasteiger partial charge in [0.25, 0.3) is 5.91 Å². The van der Waals surface area contributed by atoms with Gasteiger partial charge in [-0.2, -0.15) is 5.10 Å². The van der Waals surface area contributed by atoms with Crippen molar-refractivity contribution in [2.24, 2.45) is 18.9 Å². The van der Waals surface area contributed by atoms with E-state index in [9.17, 15) is 9.59 Å². The SMILES string of the molecule is Cc1ccccc1[C@H]1[C@@H]2CN(C(=O)c3ccn(C)n3)C[C@@H]2CN1C(=O)CN(C)C. The predicted molar refractivity (Wildman–Crippen MR) is 110 cm³/mol. The second-order valence-electron chi connectivity index (χ2n) is 8.59. The minimum absolute atomic E-state index is 0.00943. The molecule has 0 spiro atoms. The van der Waals surface area contributed by atoms with E-state index in [-0.39, 0.29) is 23.8 Å². The van der Waals surface area contributed by atoms with Crippen molar-refractivity contribution in [1.82, 2.24) is 24.5 Å². The van der Waals surface area contributed by atoms with Crippen LogP contribution in [0.15, 0.2) is 36.5 Å². The van der Waals surface area contributed by atoms with Crippen LogP contribution in [0.2, 0.25) is 0 Å². The summed E-state index contributed by atoms with van der Waals surface area (Å²) >= 11 is 0. The molecule has 7 heteroatoms. The van der Waals surface area contributed by atoms with Crippen LogP contribution in [0.3, 0.4) is 0 Å². The lowest BCUT2D eigenvalue weighted by molar-refractivity contribution is -0.133. The summed E-state index contributed by atoms with van der Waals surface area (Å²) in [5.74, 6) is 0.670. The number of carbonyl (C=O) groups excluding carboxylic acids is 2. The van der Waals surface area contributed by atoms with E-state index in [1.54, 1.807) is 16.9 Å². The minimum Gasteiger partial charge on any atom is -0.337 e. The molecule has 2 fully saturated rings. The molecule has 3 atom stereocenters. The Bertz CT molecular complexity index is 921. The molecule has 0 saturated carbocycles. The quantitative estimate of drug-likeness (QED) is 0.788. The van der Waals surface area contributed by atoms with E-state index in [4.69, 9.17) is 0 Å². The highest BCUT2D eigenvalue weighted by Gasteiger charge is 2.50. The number of likely N-dealkylation sites (N-methyl/N-ethyl adjacent to an activating group) is 1. The van der Waals surface area contributed by atoms with Crippen LogP contribution in [-0.2, 0) is 11.8 Å². The molecule has 0 radical (unpaired) electrons. The second kappa shape index (κ2) is 7.63. The van der Waals surface area contributed by atoms with Crippen LogP contribution in [0.4, 0.5) is 0 Å². The number of aromatic nitrogens is 2. The number of hydrogen-bond donors (Lipinski definition) is 0. The van der Waals surface area contributed by atoms with Crippen LogP contribution in [-0.4, -0.2) is 76.6 Å². The average molecular weight is 396 g/mol. The monoisotopic (exact) mass is 395 g/mol. The zero-order valence-corrected chi connectivity index (χ0v) is 17.6. The lowest BCUT2D eigenvalue weighted by Crippen LogP contribution is -2.41. The molecule has 1 aromatic heterocycles. The fraction of sp³-hybridized carbons (Fsp3) is 0.500. The predicted octanol–water partition coefficient (Wildman–Crippen LogP) is 1.56. The van der Waals surface area contributed by atoms with Crippen molar-refractivity contribution >= 4 is 11.8 Å². The normalized spacial score (nSPS) is 23.7. The molecule has 2 amide bonds. The van der Waals surface area contributed by atoms with Crippen molar-refractivity contribution in [3.63, 3.8) is 0 Å². The average Bonchev–Trinajstić information content (AvgIpc) is 3.35. The molecule has 4 rings (SSSR count). The summed E-state index contributed by atoms with van der Waals surface area (Å²) in [6, 6.07) is 10.1. The molecule has 0 unspecified atom stereocenters. The summed E-state index contributed by atoms with van der Waals surface area (Å²) in [7, 11) is 5.66. The van der Waals surface area contributed by atoms with E-state index in [2.05, 4.69) is 24.2 Å². The van der Waals surface area contributed by atoms with Gasteiger partial charge in [-0.25, -0.2) is 0 Å². The van der Waals surface area contributed by atoms with Gasteiger partial charge < -0.3 is 14.7 Å². The summed E-state index contributed by atoms with van der Waals surface area (Å²) in [6.45, 7) is 4.53. The molecule has 2 aliphatic rings. The van der Waals surface area contributed by atoms with Gasteiger partial charge in [0.2, 0.25) is 5.91 Å². The fourth-order valence-corrected chi connectivity index (χ4v) is 4.84. The maximum Gasteiger partial charge on any atom is 0.274 e. The maximum absolute atomic E-state index is 13.0. The van der Waals surface area contributed by atoms with Crippen molar-refractivity contribution in [2.75, 3.05) is 40.3 Å². The Balaban J connectivity index is 1.61. The van der Waals surface area contributed by atoms with E-state index in [0.29, 0.717) is 37.8 Å². The highest BCUT2D eigenvalue weighted by molar-refractivity contribution is 5.92. The molecule has 154 valence electrons. The molecular weight excluding hydrogens is 366 g/mol. The van der Waals surface area contributed by atoms with Gasteiger partial charge in [-0.1, -0.05) is 24.3 Å². The Labute approximate surface area is 171 Å². The number of rotatable bonds is 4. The smallest absolute Gasteiger partial charge is 0.274 e. The number of carbonyl (C=O) groups is 2. The van der Waals surface area contributed by atoms with Crippen molar-refractivity contribution in [3.05, 3.63) is 53.3 Å². The van der Waals surface area contributed by atoms with E-state index < -0.39 is 0 Å². The highest BCUT2D eigenvalue weighted by Crippen LogP contribution is 2.46. The first-order valence-corrected chi connectivity index (χ1v) is 10.1. The lowest BCUT2D eigenvalue weighted by Gasteiger charge is -2.31. The first-order chi connectivity index (χ1) is 13.8. The molecule has 0 aliphatic carbocycles. The van der Waals surface area contributed by atoms with Crippen molar-refractivity contribution < 1.29 is 9.59 Å². The van der Waals surface area contributed by atoms with Crippen LogP contribution in [0.25, 0.3) is 0 Å². The maximum atomic E-state index is 13.0. The van der Waals surface area contributed by atoms with Gasteiger partial charge in [0.05, 0.1) is 12.6 Å². The Morgan fingerprint density at radius 1 is 1.14 bits per heavy atom. The Kier molecular flexibility index (Phi) is 5.17. The third-order valence-electron chi connectivity index (χ3n) is 6.16. The first-order valence-electron chi connectivity index (χ1n) is 10.1. The third-order valence-corrected chi connectivity index (χ3v) is 6.16. The molecule has 2 aliphatic heterocycles. The summed E-state index contributed by atoms with van der Waals surface area (Å²) < 4.78 is 1.65. The van der Waals surface area contributed by atoms with Crippen molar-refractivity contribution in [2.45, 2.75) is 13.0 Å². The van der Waals surface area contributed by atoms with Gasteiger partial charge in [-0.3, -0.25) is 14.3 Å². The number of fused-ring (bicyclic) bond motifs is 1. The van der Waals surface area contributed by atoms with E-state index in [1.165, 1.54) is 11.1 Å². The summed E-state index contributed by atoms with van der Waals surface area (Å²) in [6.07, 6.45) is 1.79. The van der Waals surface area contributed by atoms with Crippen LogP contribution in [0, 0.1) is 18.8 Å². The number of benzene rings is 1. The molecular formula is C22H29N5O2. The standard InChI is InChI=1S/C22H29N5O2/c1-15-7-5-6-8-17(15)21-18-13-26(22(29)19-9-10-25(4)23-19)11-16(18)12-27(21)20(28)14-24(2)3/h5-10,16,18,21H,11-14H2,1-4H3/t16-,18-,21+/m1/s1. The first kappa shape index (κ1) is 19.6. The number of amides is 2. The molecule has 1 aromatic carbocycles. The zero-order chi connectivity index (χ0) is 20.7. The van der Waals surface area contributed by atoms with E-state index >= 15 is 0 Å². The zero-order valence-electron chi connectivity index (χ0n) is 17.6. The number of likely N-dealkylation sites (tertiary alicyclic amines) is 2. The van der Waals surface area contributed by atoms with Gasteiger partial charge >= 0.3 is 0 Å². The third kappa shape index (κ3) is 3.67. The molecule has 2 saturated heterocycles. The molecule has 3 heterocycles. The van der Waals surface area contributed by atoms with Gasteiger partial charge in [0.1, 0.15) is 5.69 Å². The number of nitrogens with zero attached hydrogens (tertiary/aromatic N) is 5. The van der Waals surface area contributed by atoms with Crippen molar-refractivity contribution in [1.29, 1.82) is 0 Å². The van der Waals surface area contributed by atoms with E-state index in [1.807, 2.05) is 48.0 Å². The van der Waals surface area contributed by atoms with Crippen LogP contribution >= 0.6 is 0 Å².